The van der Waals surface area contributed by atoms with E-state index in [2.05, 4.69) is 10.1 Å². The van der Waals surface area contributed by atoms with Crippen molar-refractivity contribution >= 4 is 0 Å². The standard InChI is InChI=1S/C15H11FN2O2/c1-9-8-11(4-7-13(9)16)15-17-14(18-20-15)10-2-5-12(19)6-3-10/h2-8,19H,1H3. The highest BCUT2D eigenvalue weighted by atomic mass is 19.1. The molecule has 0 amide bonds. The molecule has 0 aliphatic heterocycles. The molecule has 3 rings (SSSR count). The van der Waals surface area contributed by atoms with Crippen LogP contribution < -0.4 is 0 Å². The van der Waals surface area contributed by atoms with Gasteiger partial charge in [0.2, 0.25) is 5.82 Å². The van der Waals surface area contributed by atoms with Crippen LogP contribution in [0.1, 0.15) is 5.56 Å². The predicted molar refractivity (Wildman–Crippen MR) is 71.5 cm³/mol. The van der Waals surface area contributed by atoms with Crippen LogP contribution in [0.25, 0.3) is 22.8 Å². The van der Waals surface area contributed by atoms with Gasteiger partial charge in [-0.15, -0.1) is 0 Å². The van der Waals surface area contributed by atoms with Gasteiger partial charge in [0.1, 0.15) is 11.6 Å². The van der Waals surface area contributed by atoms with Gasteiger partial charge in [-0.2, -0.15) is 4.98 Å². The number of rotatable bonds is 2. The molecule has 1 N–H and O–H groups in total. The summed E-state index contributed by atoms with van der Waals surface area (Å²) in [5.41, 5.74) is 1.92. The maximum Gasteiger partial charge on any atom is 0.258 e. The highest BCUT2D eigenvalue weighted by Crippen LogP contribution is 2.24. The third-order valence-electron chi connectivity index (χ3n) is 2.96. The van der Waals surface area contributed by atoms with Gasteiger partial charge < -0.3 is 9.63 Å². The van der Waals surface area contributed by atoms with Crippen molar-refractivity contribution in [1.29, 1.82) is 0 Å². The molecule has 20 heavy (non-hydrogen) atoms. The first-order chi connectivity index (χ1) is 9.63. The maximum atomic E-state index is 13.2. The van der Waals surface area contributed by atoms with Gasteiger partial charge in [-0.1, -0.05) is 5.16 Å². The van der Waals surface area contributed by atoms with Crippen LogP contribution in [0, 0.1) is 12.7 Å². The van der Waals surface area contributed by atoms with E-state index in [4.69, 9.17) is 4.52 Å². The molecule has 1 heterocycles. The molecule has 4 nitrogen and oxygen atoms in total. The summed E-state index contributed by atoms with van der Waals surface area (Å²) < 4.78 is 18.4. The van der Waals surface area contributed by atoms with Crippen LogP contribution in [0.15, 0.2) is 47.0 Å². The highest BCUT2D eigenvalue weighted by molar-refractivity contribution is 5.60. The zero-order valence-electron chi connectivity index (χ0n) is 10.7. The molecule has 100 valence electrons. The van der Waals surface area contributed by atoms with Crippen LogP contribution in [-0.2, 0) is 0 Å². The summed E-state index contributed by atoms with van der Waals surface area (Å²) in [4.78, 5) is 4.27. The van der Waals surface area contributed by atoms with Crippen molar-refractivity contribution in [2.75, 3.05) is 0 Å². The van der Waals surface area contributed by atoms with Gasteiger partial charge in [0.15, 0.2) is 0 Å². The smallest absolute Gasteiger partial charge is 0.258 e. The fourth-order valence-corrected chi connectivity index (χ4v) is 1.85. The van der Waals surface area contributed by atoms with E-state index >= 15 is 0 Å². The molecule has 0 radical (unpaired) electrons. The van der Waals surface area contributed by atoms with Crippen molar-refractivity contribution < 1.29 is 14.0 Å². The fraction of sp³-hybridized carbons (Fsp3) is 0.0667. The first kappa shape index (κ1) is 12.3. The minimum Gasteiger partial charge on any atom is -0.508 e. The van der Waals surface area contributed by atoms with Crippen LogP contribution in [0.2, 0.25) is 0 Å². The van der Waals surface area contributed by atoms with Gasteiger partial charge in [0.05, 0.1) is 0 Å². The number of hydrogen-bond acceptors (Lipinski definition) is 4. The lowest BCUT2D eigenvalue weighted by atomic mass is 10.1. The van der Waals surface area contributed by atoms with Crippen LogP contribution in [0.5, 0.6) is 5.75 Å². The van der Waals surface area contributed by atoms with Gasteiger partial charge in [-0.3, -0.25) is 0 Å². The third kappa shape index (κ3) is 2.25. The zero-order valence-corrected chi connectivity index (χ0v) is 10.7. The van der Waals surface area contributed by atoms with Crippen molar-refractivity contribution in [2.45, 2.75) is 6.92 Å². The summed E-state index contributed by atoms with van der Waals surface area (Å²) in [5.74, 6) is 0.650. The van der Waals surface area contributed by atoms with E-state index in [9.17, 15) is 9.50 Å². The summed E-state index contributed by atoms with van der Waals surface area (Å²) in [6, 6.07) is 11.1. The molecule has 0 fully saturated rings. The number of nitrogens with zero attached hydrogens (tertiary/aromatic N) is 2. The minimum atomic E-state index is -0.271. The van der Waals surface area contributed by atoms with Crippen molar-refractivity contribution in [1.82, 2.24) is 10.1 Å². The van der Waals surface area contributed by atoms with E-state index in [0.29, 0.717) is 22.8 Å². The summed E-state index contributed by atoms with van der Waals surface area (Å²) in [7, 11) is 0. The number of phenols is 1. The van der Waals surface area contributed by atoms with Crippen LogP contribution in [0.3, 0.4) is 0 Å². The van der Waals surface area contributed by atoms with E-state index in [1.54, 1.807) is 43.3 Å². The van der Waals surface area contributed by atoms with Gasteiger partial charge in [-0.05, 0) is 55.0 Å². The van der Waals surface area contributed by atoms with E-state index in [1.165, 1.54) is 6.07 Å². The van der Waals surface area contributed by atoms with Crippen molar-refractivity contribution in [2.24, 2.45) is 0 Å². The number of hydrogen-bond donors (Lipinski definition) is 1. The Kier molecular flexibility index (Phi) is 2.95. The molecule has 0 saturated carbocycles. The quantitative estimate of drug-likeness (QED) is 0.773. The lowest BCUT2D eigenvalue weighted by molar-refractivity contribution is 0.432. The van der Waals surface area contributed by atoms with Crippen LogP contribution in [0.4, 0.5) is 4.39 Å². The molecular weight excluding hydrogens is 259 g/mol. The van der Waals surface area contributed by atoms with Gasteiger partial charge in [-0.25, -0.2) is 4.39 Å². The fourth-order valence-electron chi connectivity index (χ4n) is 1.85. The zero-order chi connectivity index (χ0) is 14.1. The van der Waals surface area contributed by atoms with Gasteiger partial charge in [0.25, 0.3) is 5.89 Å². The first-order valence-electron chi connectivity index (χ1n) is 6.03. The average Bonchev–Trinajstić information content (AvgIpc) is 2.92. The van der Waals surface area contributed by atoms with E-state index in [-0.39, 0.29) is 11.6 Å². The summed E-state index contributed by atoms with van der Waals surface area (Å²) in [6.45, 7) is 1.68. The van der Waals surface area contributed by atoms with Crippen LogP contribution in [-0.4, -0.2) is 15.2 Å². The molecule has 3 aromatic rings. The Labute approximate surface area is 114 Å². The second-order valence-corrected chi connectivity index (χ2v) is 4.43. The van der Waals surface area contributed by atoms with Crippen molar-refractivity contribution in [3.05, 3.63) is 53.8 Å². The minimum absolute atomic E-state index is 0.173. The SMILES string of the molecule is Cc1cc(-c2nc(-c3ccc(O)cc3)no2)ccc1F. The Morgan fingerprint density at radius 3 is 2.45 bits per heavy atom. The maximum absolute atomic E-state index is 13.2. The second kappa shape index (κ2) is 4.77. The van der Waals surface area contributed by atoms with E-state index in [0.717, 1.165) is 5.56 Å². The Hall–Kier alpha value is -2.69. The number of aromatic nitrogens is 2. The molecular formula is C15H11FN2O2. The Morgan fingerprint density at radius 2 is 1.75 bits per heavy atom. The lowest BCUT2D eigenvalue weighted by Crippen LogP contribution is -1.85. The molecule has 5 heteroatoms. The predicted octanol–water partition coefficient (Wildman–Crippen LogP) is 3.56. The van der Waals surface area contributed by atoms with E-state index < -0.39 is 0 Å². The second-order valence-electron chi connectivity index (χ2n) is 4.43. The number of halogens is 1. The molecule has 0 bridgehead atoms. The summed E-state index contributed by atoms with van der Waals surface area (Å²) >= 11 is 0. The molecule has 0 aliphatic carbocycles. The molecule has 0 saturated heterocycles. The Balaban J connectivity index is 1.97. The Morgan fingerprint density at radius 1 is 1.05 bits per heavy atom. The average molecular weight is 270 g/mol. The number of aromatic hydroxyl groups is 1. The first-order valence-corrected chi connectivity index (χ1v) is 6.03. The molecule has 0 atom stereocenters. The third-order valence-corrected chi connectivity index (χ3v) is 2.96. The topological polar surface area (TPSA) is 59.2 Å². The van der Waals surface area contributed by atoms with Crippen LogP contribution >= 0.6 is 0 Å². The highest BCUT2D eigenvalue weighted by Gasteiger charge is 2.11. The number of aryl methyl sites for hydroxylation is 1. The van der Waals surface area contributed by atoms with Crippen molar-refractivity contribution in [3.63, 3.8) is 0 Å². The largest absolute Gasteiger partial charge is 0.508 e. The Bertz CT molecular complexity index is 751. The molecule has 2 aromatic carbocycles. The monoisotopic (exact) mass is 270 g/mol. The van der Waals surface area contributed by atoms with Crippen molar-refractivity contribution in [3.8, 4) is 28.6 Å². The molecule has 0 aliphatic rings. The summed E-state index contributed by atoms with van der Waals surface area (Å²) in [5, 5.41) is 13.1. The molecule has 0 unspecified atom stereocenters. The normalized spacial score (nSPS) is 10.7. The lowest BCUT2D eigenvalue weighted by Gasteiger charge is -1.98. The number of phenolic OH excluding ortho intramolecular Hbond substituents is 1. The van der Waals surface area contributed by atoms with Gasteiger partial charge in [0, 0.05) is 11.1 Å². The molecule has 1 aromatic heterocycles. The summed E-state index contributed by atoms with van der Waals surface area (Å²) in [6.07, 6.45) is 0. The number of benzene rings is 2. The molecule has 0 spiro atoms. The van der Waals surface area contributed by atoms with E-state index in [1.807, 2.05) is 0 Å². The van der Waals surface area contributed by atoms with Gasteiger partial charge >= 0.3 is 0 Å².